The van der Waals surface area contributed by atoms with Gasteiger partial charge in [-0.05, 0) is 25.3 Å². The SMILES string of the molecule is CCc1cc2nn(C3(C(=O)OC)CCCCC3)cc2cc1[N+](=O)[O-]. The number of methoxy groups -OCH3 is 1. The van der Waals surface area contributed by atoms with Crippen molar-refractivity contribution >= 4 is 22.6 Å². The largest absolute Gasteiger partial charge is 0.467 e. The average Bonchev–Trinajstić information content (AvgIpc) is 3.03. The number of carbonyl (C=O) groups excluding carboxylic acids is 1. The Bertz CT molecular complexity index is 790. The highest BCUT2D eigenvalue weighted by Gasteiger charge is 2.43. The van der Waals surface area contributed by atoms with Crippen molar-refractivity contribution in [3.8, 4) is 0 Å². The molecule has 1 heterocycles. The minimum absolute atomic E-state index is 0.0975. The highest BCUT2D eigenvalue weighted by Crippen LogP contribution is 2.37. The van der Waals surface area contributed by atoms with Gasteiger partial charge in [0.1, 0.15) is 0 Å². The minimum atomic E-state index is -0.798. The number of aromatic nitrogens is 2. The number of ether oxygens (including phenoxy) is 1. The lowest BCUT2D eigenvalue weighted by molar-refractivity contribution is -0.385. The quantitative estimate of drug-likeness (QED) is 0.487. The van der Waals surface area contributed by atoms with Crippen molar-refractivity contribution in [2.75, 3.05) is 7.11 Å². The van der Waals surface area contributed by atoms with Gasteiger partial charge in [0.2, 0.25) is 0 Å². The number of hydrogen-bond donors (Lipinski definition) is 0. The number of nitrogens with zero attached hydrogens (tertiary/aromatic N) is 3. The molecule has 7 nitrogen and oxygen atoms in total. The Balaban J connectivity index is 2.15. The van der Waals surface area contributed by atoms with E-state index >= 15 is 0 Å². The van der Waals surface area contributed by atoms with E-state index in [0.29, 0.717) is 35.7 Å². The fraction of sp³-hybridized carbons (Fsp3) is 0.529. The molecule has 2 aromatic rings. The van der Waals surface area contributed by atoms with Crippen molar-refractivity contribution in [1.82, 2.24) is 9.78 Å². The van der Waals surface area contributed by atoms with E-state index in [1.54, 1.807) is 23.0 Å². The zero-order valence-electron chi connectivity index (χ0n) is 13.9. The molecule has 24 heavy (non-hydrogen) atoms. The molecular formula is C17H21N3O4. The third-order valence-corrected chi connectivity index (χ3v) is 4.97. The van der Waals surface area contributed by atoms with Gasteiger partial charge in [-0.15, -0.1) is 0 Å². The number of fused-ring (bicyclic) bond motifs is 1. The van der Waals surface area contributed by atoms with Crippen molar-refractivity contribution in [2.45, 2.75) is 51.0 Å². The highest BCUT2D eigenvalue weighted by molar-refractivity contribution is 5.84. The Hall–Kier alpha value is -2.44. The van der Waals surface area contributed by atoms with Crippen molar-refractivity contribution in [3.05, 3.63) is 34.0 Å². The van der Waals surface area contributed by atoms with E-state index in [1.807, 2.05) is 6.92 Å². The van der Waals surface area contributed by atoms with Crippen LogP contribution in [0.2, 0.25) is 0 Å². The molecule has 0 atom stereocenters. The molecule has 1 aliphatic carbocycles. The lowest BCUT2D eigenvalue weighted by Gasteiger charge is -2.34. The fourth-order valence-corrected chi connectivity index (χ4v) is 3.63. The Morgan fingerprint density at radius 1 is 1.38 bits per heavy atom. The summed E-state index contributed by atoms with van der Waals surface area (Å²) in [7, 11) is 1.39. The first-order valence-corrected chi connectivity index (χ1v) is 8.27. The number of benzene rings is 1. The Labute approximate surface area is 139 Å². The van der Waals surface area contributed by atoms with E-state index in [4.69, 9.17) is 4.74 Å². The van der Waals surface area contributed by atoms with Crippen LogP contribution in [-0.2, 0) is 21.5 Å². The van der Waals surface area contributed by atoms with Gasteiger partial charge < -0.3 is 4.74 Å². The Morgan fingerprint density at radius 2 is 2.08 bits per heavy atom. The van der Waals surface area contributed by atoms with Crippen LogP contribution in [0.3, 0.4) is 0 Å². The van der Waals surface area contributed by atoms with E-state index < -0.39 is 5.54 Å². The van der Waals surface area contributed by atoms with Crippen LogP contribution in [0.5, 0.6) is 0 Å². The summed E-state index contributed by atoms with van der Waals surface area (Å²) < 4.78 is 6.71. The van der Waals surface area contributed by atoms with Crippen molar-refractivity contribution in [2.24, 2.45) is 0 Å². The van der Waals surface area contributed by atoms with Gasteiger partial charge in [0.15, 0.2) is 5.54 Å². The van der Waals surface area contributed by atoms with Crippen LogP contribution in [0.15, 0.2) is 18.3 Å². The molecule has 1 aromatic carbocycles. The molecular weight excluding hydrogens is 310 g/mol. The topological polar surface area (TPSA) is 87.3 Å². The first-order valence-electron chi connectivity index (χ1n) is 8.27. The summed E-state index contributed by atoms with van der Waals surface area (Å²) in [5.41, 5.74) is 0.618. The second-order valence-electron chi connectivity index (χ2n) is 6.31. The standard InChI is InChI=1S/C17H21N3O4/c1-3-12-9-14-13(10-15(12)20(22)23)11-19(18-14)17(16(21)24-2)7-5-4-6-8-17/h9-11H,3-8H2,1-2H3. The maximum absolute atomic E-state index is 12.5. The molecule has 0 spiro atoms. The molecule has 1 aromatic heterocycles. The van der Waals surface area contributed by atoms with Gasteiger partial charge in [-0.2, -0.15) is 5.10 Å². The number of aryl methyl sites for hydroxylation is 1. The van der Waals surface area contributed by atoms with E-state index in [-0.39, 0.29) is 16.6 Å². The maximum Gasteiger partial charge on any atom is 0.333 e. The summed E-state index contributed by atoms with van der Waals surface area (Å²) in [5, 5.41) is 16.5. The number of rotatable bonds is 4. The molecule has 1 fully saturated rings. The smallest absolute Gasteiger partial charge is 0.333 e. The molecule has 0 radical (unpaired) electrons. The fourth-order valence-electron chi connectivity index (χ4n) is 3.63. The number of nitro groups is 1. The van der Waals surface area contributed by atoms with Crippen LogP contribution in [0.4, 0.5) is 5.69 Å². The molecule has 0 aliphatic heterocycles. The van der Waals surface area contributed by atoms with E-state index in [2.05, 4.69) is 5.10 Å². The van der Waals surface area contributed by atoms with Crippen LogP contribution in [-0.4, -0.2) is 27.8 Å². The first-order chi connectivity index (χ1) is 11.5. The highest BCUT2D eigenvalue weighted by atomic mass is 16.6. The predicted molar refractivity (Wildman–Crippen MR) is 88.8 cm³/mol. The van der Waals surface area contributed by atoms with E-state index in [9.17, 15) is 14.9 Å². The molecule has 0 amide bonds. The molecule has 0 saturated heterocycles. The van der Waals surface area contributed by atoms with Crippen molar-refractivity contribution < 1.29 is 14.5 Å². The molecule has 0 bridgehead atoms. The van der Waals surface area contributed by atoms with Gasteiger partial charge in [0.05, 0.1) is 17.5 Å². The Kier molecular flexibility index (Phi) is 4.26. The van der Waals surface area contributed by atoms with Gasteiger partial charge in [-0.3, -0.25) is 14.8 Å². The summed E-state index contributed by atoms with van der Waals surface area (Å²) >= 11 is 0. The molecule has 7 heteroatoms. The lowest BCUT2D eigenvalue weighted by atomic mass is 9.82. The van der Waals surface area contributed by atoms with E-state index in [0.717, 1.165) is 19.3 Å². The van der Waals surface area contributed by atoms with Crippen LogP contribution >= 0.6 is 0 Å². The molecule has 1 aliphatic rings. The van der Waals surface area contributed by atoms with Gasteiger partial charge in [0.25, 0.3) is 5.69 Å². The van der Waals surface area contributed by atoms with Gasteiger partial charge >= 0.3 is 5.97 Å². The van der Waals surface area contributed by atoms with Crippen LogP contribution in [0, 0.1) is 10.1 Å². The van der Waals surface area contributed by atoms with Crippen molar-refractivity contribution in [1.29, 1.82) is 0 Å². The second-order valence-corrected chi connectivity index (χ2v) is 6.31. The van der Waals surface area contributed by atoms with Crippen LogP contribution in [0.25, 0.3) is 10.9 Å². The van der Waals surface area contributed by atoms with Gasteiger partial charge in [0, 0.05) is 23.2 Å². The second kappa shape index (κ2) is 6.22. The third kappa shape index (κ3) is 2.53. The summed E-state index contributed by atoms with van der Waals surface area (Å²) in [5.74, 6) is -0.291. The average molecular weight is 331 g/mol. The zero-order valence-corrected chi connectivity index (χ0v) is 13.9. The normalized spacial score (nSPS) is 16.9. The number of hydrogen-bond acceptors (Lipinski definition) is 5. The maximum atomic E-state index is 12.5. The first kappa shape index (κ1) is 16.4. The minimum Gasteiger partial charge on any atom is -0.467 e. The Morgan fingerprint density at radius 3 is 2.67 bits per heavy atom. The lowest BCUT2D eigenvalue weighted by Crippen LogP contribution is -2.44. The van der Waals surface area contributed by atoms with Crippen LogP contribution < -0.4 is 0 Å². The summed E-state index contributed by atoms with van der Waals surface area (Å²) in [6.45, 7) is 1.88. The molecule has 0 N–H and O–H groups in total. The zero-order chi connectivity index (χ0) is 17.3. The van der Waals surface area contributed by atoms with Gasteiger partial charge in [-0.25, -0.2) is 4.79 Å². The summed E-state index contributed by atoms with van der Waals surface area (Å²) in [6.07, 6.45) is 6.61. The molecule has 1 saturated carbocycles. The van der Waals surface area contributed by atoms with E-state index in [1.165, 1.54) is 7.11 Å². The van der Waals surface area contributed by atoms with Crippen molar-refractivity contribution in [3.63, 3.8) is 0 Å². The third-order valence-electron chi connectivity index (χ3n) is 4.97. The number of nitro benzene ring substituents is 1. The van der Waals surface area contributed by atoms with Gasteiger partial charge in [-0.1, -0.05) is 26.2 Å². The summed E-state index contributed by atoms with van der Waals surface area (Å²) in [6, 6.07) is 3.29. The van der Waals surface area contributed by atoms with Crippen LogP contribution in [0.1, 0.15) is 44.6 Å². The molecule has 128 valence electrons. The monoisotopic (exact) mass is 331 g/mol. The predicted octanol–water partition coefficient (Wildman–Crippen LogP) is 3.34. The number of esters is 1. The molecule has 0 unspecified atom stereocenters. The number of carbonyl (C=O) groups is 1. The summed E-state index contributed by atoms with van der Waals surface area (Å²) in [4.78, 5) is 23.4. The molecule has 3 rings (SSSR count).